The van der Waals surface area contributed by atoms with Gasteiger partial charge in [0.25, 0.3) is 5.69 Å². The van der Waals surface area contributed by atoms with Crippen molar-refractivity contribution in [1.82, 2.24) is 10.3 Å². The van der Waals surface area contributed by atoms with E-state index in [1.807, 2.05) is 0 Å². The minimum Gasteiger partial charge on any atom is -0.370 e. The molecule has 0 saturated carbocycles. The number of primary amides is 1. The van der Waals surface area contributed by atoms with Crippen LogP contribution in [0.1, 0.15) is 12.8 Å². The molecule has 1 aromatic rings. The predicted molar refractivity (Wildman–Crippen MR) is 66.2 cm³/mol. The number of nitrogens with one attached hydrogen (secondary N) is 2. The van der Waals surface area contributed by atoms with E-state index in [9.17, 15) is 14.9 Å². The molecule has 1 aromatic heterocycles. The van der Waals surface area contributed by atoms with Crippen LogP contribution < -0.4 is 16.4 Å². The van der Waals surface area contributed by atoms with Crippen molar-refractivity contribution in [3.8, 4) is 0 Å². The lowest BCUT2D eigenvalue weighted by molar-refractivity contribution is -0.385. The predicted octanol–water partition coefficient (Wildman–Crippen LogP) is 0.850. The highest BCUT2D eigenvalue weighted by molar-refractivity contribution is 5.71. The molecule has 0 aliphatic carbocycles. The zero-order valence-electron chi connectivity index (χ0n) is 9.76. The largest absolute Gasteiger partial charge is 0.370 e. The van der Waals surface area contributed by atoms with E-state index in [1.165, 1.54) is 12.3 Å². The van der Waals surface area contributed by atoms with Crippen LogP contribution in [-0.2, 0) is 0 Å². The van der Waals surface area contributed by atoms with Gasteiger partial charge in [0.15, 0.2) is 0 Å². The highest BCUT2D eigenvalue weighted by atomic mass is 16.6. The number of carbonyl (C=O) groups excluding carboxylic acids is 1. The van der Waals surface area contributed by atoms with Gasteiger partial charge in [0.2, 0.25) is 0 Å². The molecule has 0 aliphatic rings. The van der Waals surface area contributed by atoms with Gasteiger partial charge in [0, 0.05) is 19.2 Å². The molecule has 0 fully saturated rings. The number of rotatable bonds is 7. The summed E-state index contributed by atoms with van der Waals surface area (Å²) in [6.07, 6.45) is 2.83. The summed E-state index contributed by atoms with van der Waals surface area (Å²) in [5, 5.41) is 15.9. The third-order valence-corrected chi connectivity index (χ3v) is 2.17. The van der Waals surface area contributed by atoms with Crippen LogP contribution in [0.3, 0.4) is 0 Å². The Bertz CT molecular complexity index is 406. The van der Waals surface area contributed by atoms with Crippen molar-refractivity contribution in [1.29, 1.82) is 0 Å². The average molecular weight is 253 g/mol. The van der Waals surface area contributed by atoms with Crippen molar-refractivity contribution in [2.24, 2.45) is 5.73 Å². The average Bonchev–Trinajstić information content (AvgIpc) is 2.34. The Morgan fingerprint density at radius 2 is 2.11 bits per heavy atom. The fourth-order valence-electron chi connectivity index (χ4n) is 1.28. The zero-order chi connectivity index (χ0) is 13.4. The van der Waals surface area contributed by atoms with Crippen LogP contribution in [0.5, 0.6) is 0 Å². The Kier molecular flexibility index (Phi) is 5.36. The monoisotopic (exact) mass is 253 g/mol. The van der Waals surface area contributed by atoms with E-state index in [2.05, 4.69) is 15.6 Å². The van der Waals surface area contributed by atoms with Crippen LogP contribution in [0.4, 0.5) is 16.3 Å². The van der Waals surface area contributed by atoms with Gasteiger partial charge in [-0.1, -0.05) is 0 Å². The fourth-order valence-corrected chi connectivity index (χ4v) is 1.28. The number of amides is 2. The fraction of sp³-hybridized carbons (Fsp3) is 0.400. The Morgan fingerprint density at radius 1 is 1.39 bits per heavy atom. The SMILES string of the molecule is NC(=O)NCCCCNc1ccc([N+](=O)[O-])cn1. The Hall–Kier alpha value is -2.38. The minimum atomic E-state index is -0.528. The molecule has 18 heavy (non-hydrogen) atoms. The molecule has 0 unspecified atom stereocenters. The van der Waals surface area contributed by atoms with Gasteiger partial charge in [-0.15, -0.1) is 0 Å². The van der Waals surface area contributed by atoms with Crippen molar-refractivity contribution in [2.45, 2.75) is 12.8 Å². The van der Waals surface area contributed by atoms with Gasteiger partial charge in [0.05, 0.1) is 4.92 Å². The smallest absolute Gasteiger partial charge is 0.312 e. The number of nitrogens with two attached hydrogens (primary N) is 1. The lowest BCUT2D eigenvalue weighted by Gasteiger charge is -2.05. The number of urea groups is 1. The topological polar surface area (TPSA) is 123 Å². The summed E-state index contributed by atoms with van der Waals surface area (Å²) in [4.78, 5) is 24.2. The first-order chi connectivity index (χ1) is 8.59. The summed E-state index contributed by atoms with van der Waals surface area (Å²) in [7, 11) is 0. The van der Waals surface area contributed by atoms with Gasteiger partial charge in [-0.25, -0.2) is 9.78 Å². The van der Waals surface area contributed by atoms with E-state index in [1.54, 1.807) is 6.07 Å². The van der Waals surface area contributed by atoms with E-state index < -0.39 is 11.0 Å². The Balaban J connectivity index is 2.19. The van der Waals surface area contributed by atoms with Crippen molar-refractivity contribution >= 4 is 17.5 Å². The molecule has 2 amide bonds. The van der Waals surface area contributed by atoms with Crippen LogP contribution in [0.25, 0.3) is 0 Å². The molecule has 4 N–H and O–H groups in total. The molecular formula is C10H15N5O3. The van der Waals surface area contributed by atoms with Crippen molar-refractivity contribution in [2.75, 3.05) is 18.4 Å². The van der Waals surface area contributed by atoms with E-state index in [0.717, 1.165) is 12.8 Å². The Morgan fingerprint density at radius 3 is 2.67 bits per heavy atom. The maximum absolute atomic E-state index is 10.4. The molecule has 0 bridgehead atoms. The molecule has 0 radical (unpaired) electrons. The molecule has 0 aliphatic heterocycles. The second kappa shape index (κ2) is 7.05. The number of hydrogen-bond donors (Lipinski definition) is 3. The van der Waals surface area contributed by atoms with Crippen LogP contribution in [0, 0.1) is 10.1 Å². The van der Waals surface area contributed by atoms with Crippen LogP contribution in [-0.4, -0.2) is 29.0 Å². The molecule has 1 rings (SSSR count). The number of carbonyl (C=O) groups is 1. The molecule has 8 heteroatoms. The zero-order valence-corrected chi connectivity index (χ0v) is 9.76. The van der Waals surface area contributed by atoms with Gasteiger partial charge >= 0.3 is 6.03 Å². The molecule has 0 saturated heterocycles. The first kappa shape index (κ1) is 13.7. The number of pyridine rings is 1. The van der Waals surface area contributed by atoms with E-state index in [-0.39, 0.29) is 5.69 Å². The van der Waals surface area contributed by atoms with Crippen LogP contribution in [0.15, 0.2) is 18.3 Å². The van der Waals surface area contributed by atoms with Gasteiger partial charge in [-0.2, -0.15) is 0 Å². The maximum atomic E-state index is 10.4. The second-order valence-corrected chi connectivity index (χ2v) is 3.58. The molecule has 98 valence electrons. The highest BCUT2D eigenvalue weighted by Crippen LogP contribution is 2.11. The third kappa shape index (κ3) is 5.10. The number of anilines is 1. The van der Waals surface area contributed by atoms with Gasteiger partial charge in [-0.05, 0) is 18.9 Å². The van der Waals surface area contributed by atoms with Crippen LogP contribution in [0.2, 0.25) is 0 Å². The number of nitro groups is 1. The molecule has 1 heterocycles. The van der Waals surface area contributed by atoms with Crippen molar-refractivity contribution < 1.29 is 9.72 Å². The summed E-state index contributed by atoms with van der Waals surface area (Å²) in [6.45, 7) is 1.20. The number of aromatic nitrogens is 1. The number of nitrogens with zero attached hydrogens (tertiary/aromatic N) is 2. The normalized spacial score (nSPS) is 9.78. The van der Waals surface area contributed by atoms with E-state index in [0.29, 0.717) is 18.9 Å². The summed E-state index contributed by atoms with van der Waals surface area (Å²) >= 11 is 0. The lowest BCUT2D eigenvalue weighted by atomic mass is 10.3. The first-order valence-electron chi connectivity index (χ1n) is 5.47. The highest BCUT2D eigenvalue weighted by Gasteiger charge is 2.04. The number of unbranched alkanes of at least 4 members (excludes halogenated alkanes) is 1. The quantitative estimate of drug-likeness (QED) is 0.377. The van der Waals surface area contributed by atoms with Gasteiger partial charge in [0.1, 0.15) is 12.0 Å². The molecule has 8 nitrogen and oxygen atoms in total. The summed E-state index contributed by atoms with van der Waals surface area (Å²) < 4.78 is 0. The van der Waals surface area contributed by atoms with Gasteiger partial charge in [-0.3, -0.25) is 10.1 Å². The maximum Gasteiger partial charge on any atom is 0.312 e. The third-order valence-electron chi connectivity index (χ3n) is 2.17. The summed E-state index contributed by atoms with van der Waals surface area (Å²) in [5.41, 5.74) is 4.87. The molecule has 0 atom stereocenters. The number of hydrogen-bond acceptors (Lipinski definition) is 5. The van der Waals surface area contributed by atoms with Crippen molar-refractivity contribution in [3.05, 3.63) is 28.4 Å². The lowest BCUT2D eigenvalue weighted by Crippen LogP contribution is -2.30. The molecular weight excluding hydrogens is 238 g/mol. The summed E-state index contributed by atoms with van der Waals surface area (Å²) in [6, 6.07) is 2.42. The molecule has 0 aromatic carbocycles. The van der Waals surface area contributed by atoms with E-state index in [4.69, 9.17) is 5.73 Å². The van der Waals surface area contributed by atoms with Gasteiger partial charge < -0.3 is 16.4 Å². The molecule has 0 spiro atoms. The first-order valence-corrected chi connectivity index (χ1v) is 5.47. The second-order valence-electron chi connectivity index (χ2n) is 3.58. The Labute approximate surface area is 104 Å². The standard InChI is InChI=1S/C10H15N5O3/c11-10(16)13-6-2-1-5-12-9-4-3-8(7-14-9)15(17)18/h3-4,7H,1-2,5-6H2,(H,12,14)(H3,11,13,16). The minimum absolute atomic E-state index is 0.0359. The van der Waals surface area contributed by atoms with Crippen molar-refractivity contribution in [3.63, 3.8) is 0 Å². The van der Waals surface area contributed by atoms with Crippen LogP contribution >= 0.6 is 0 Å². The summed E-state index contributed by atoms with van der Waals surface area (Å²) in [5.74, 6) is 0.587. The van der Waals surface area contributed by atoms with E-state index >= 15 is 0 Å².